The first-order chi connectivity index (χ1) is 14.8. The van der Waals surface area contributed by atoms with Gasteiger partial charge in [0.05, 0.1) is 5.69 Å². The molecule has 0 saturated carbocycles. The van der Waals surface area contributed by atoms with E-state index in [0.29, 0.717) is 19.0 Å². The van der Waals surface area contributed by atoms with Crippen LogP contribution in [0.1, 0.15) is 11.1 Å². The molecule has 0 radical (unpaired) electrons. The van der Waals surface area contributed by atoms with Gasteiger partial charge in [0.1, 0.15) is 11.6 Å². The Morgan fingerprint density at radius 2 is 1.63 bits per heavy atom. The minimum absolute atomic E-state index is 0.223. The number of benzene rings is 2. The van der Waals surface area contributed by atoms with Gasteiger partial charge in [0.15, 0.2) is 0 Å². The summed E-state index contributed by atoms with van der Waals surface area (Å²) in [6.07, 6.45) is 4.33. The molecule has 30 heavy (non-hydrogen) atoms. The van der Waals surface area contributed by atoms with Gasteiger partial charge in [-0.15, -0.1) is 0 Å². The Bertz CT molecular complexity index is 1070. The smallest absolute Gasteiger partial charge is 0.225 e. The summed E-state index contributed by atoms with van der Waals surface area (Å²) >= 11 is 0. The largest absolute Gasteiger partial charge is 0.370 e. The zero-order valence-corrected chi connectivity index (χ0v) is 16.4. The van der Waals surface area contributed by atoms with Crippen molar-refractivity contribution in [2.45, 2.75) is 13.0 Å². The van der Waals surface area contributed by atoms with Crippen molar-refractivity contribution in [1.82, 2.24) is 15.0 Å². The van der Waals surface area contributed by atoms with Crippen LogP contribution in [0.3, 0.4) is 0 Å². The first kappa shape index (κ1) is 19.5. The third-order valence-corrected chi connectivity index (χ3v) is 4.60. The van der Waals surface area contributed by atoms with E-state index < -0.39 is 0 Å². The number of rotatable bonds is 8. The number of hydrogen-bond acceptors (Lipinski definition) is 5. The molecular formula is C24H22FN5. The lowest BCUT2D eigenvalue weighted by molar-refractivity contribution is 0.627. The summed E-state index contributed by atoms with van der Waals surface area (Å²) in [7, 11) is 0. The fraction of sp³-hybridized carbons (Fsp3) is 0.125. The standard InChI is InChI=1S/C24H22FN5/c25-21-10-8-18(9-11-21)12-14-27-23-15-22(20-6-2-1-3-7-20)29-24(30-23)28-17-19-5-4-13-26-16-19/h1-11,13,15-16H,12,14,17H2,(H2,27,28,29,30). The minimum Gasteiger partial charge on any atom is -0.370 e. The van der Waals surface area contributed by atoms with Gasteiger partial charge in [-0.25, -0.2) is 9.37 Å². The highest BCUT2D eigenvalue weighted by Gasteiger charge is 2.07. The molecule has 0 amide bonds. The summed E-state index contributed by atoms with van der Waals surface area (Å²) in [5.74, 6) is 1.06. The Morgan fingerprint density at radius 1 is 0.800 bits per heavy atom. The van der Waals surface area contributed by atoms with E-state index in [2.05, 4.69) is 25.6 Å². The predicted octanol–water partition coefficient (Wildman–Crippen LogP) is 4.94. The lowest BCUT2D eigenvalue weighted by atomic mass is 10.1. The van der Waals surface area contributed by atoms with E-state index in [4.69, 9.17) is 0 Å². The molecule has 0 aliphatic rings. The van der Waals surface area contributed by atoms with Crippen LogP contribution in [-0.2, 0) is 13.0 Å². The number of pyridine rings is 1. The molecule has 4 rings (SSSR count). The second kappa shape index (κ2) is 9.60. The molecule has 0 atom stereocenters. The van der Waals surface area contributed by atoms with Gasteiger partial charge in [0, 0.05) is 37.1 Å². The molecule has 2 aromatic carbocycles. The summed E-state index contributed by atoms with van der Waals surface area (Å²) in [6, 6.07) is 22.4. The predicted molar refractivity (Wildman–Crippen MR) is 118 cm³/mol. The molecule has 0 saturated heterocycles. The molecule has 150 valence electrons. The Labute approximate surface area is 175 Å². The van der Waals surface area contributed by atoms with Crippen molar-refractivity contribution in [2.24, 2.45) is 0 Å². The summed E-state index contributed by atoms with van der Waals surface area (Å²) < 4.78 is 13.1. The maximum Gasteiger partial charge on any atom is 0.225 e. The Kier molecular flexibility index (Phi) is 6.25. The van der Waals surface area contributed by atoms with E-state index in [9.17, 15) is 4.39 Å². The first-order valence-electron chi connectivity index (χ1n) is 9.82. The molecule has 2 N–H and O–H groups in total. The molecule has 5 nitrogen and oxygen atoms in total. The van der Waals surface area contributed by atoms with E-state index in [1.54, 1.807) is 18.3 Å². The van der Waals surface area contributed by atoms with E-state index in [1.165, 1.54) is 12.1 Å². The van der Waals surface area contributed by atoms with Crippen LogP contribution in [0.2, 0.25) is 0 Å². The Hall–Kier alpha value is -3.80. The van der Waals surface area contributed by atoms with Crippen molar-refractivity contribution in [3.8, 4) is 11.3 Å². The van der Waals surface area contributed by atoms with Crippen LogP contribution in [0, 0.1) is 5.82 Å². The number of nitrogens with zero attached hydrogens (tertiary/aromatic N) is 3. The second-order valence-corrected chi connectivity index (χ2v) is 6.85. The van der Waals surface area contributed by atoms with Crippen LogP contribution in [0.4, 0.5) is 16.2 Å². The third kappa shape index (κ3) is 5.38. The van der Waals surface area contributed by atoms with Gasteiger partial charge in [-0.1, -0.05) is 48.5 Å². The Morgan fingerprint density at radius 3 is 2.40 bits per heavy atom. The number of hydrogen-bond donors (Lipinski definition) is 2. The van der Waals surface area contributed by atoms with Gasteiger partial charge >= 0.3 is 0 Å². The lowest BCUT2D eigenvalue weighted by Crippen LogP contribution is -2.10. The molecule has 0 unspecified atom stereocenters. The third-order valence-electron chi connectivity index (χ3n) is 4.60. The molecule has 0 aliphatic heterocycles. The first-order valence-corrected chi connectivity index (χ1v) is 9.82. The molecule has 4 aromatic rings. The van der Waals surface area contributed by atoms with Gasteiger partial charge in [0.25, 0.3) is 0 Å². The molecule has 0 bridgehead atoms. The number of halogens is 1. The monoisotopic (exact) mass is 399 g/mol. The lowest BCUT2D eigenvalue weighted by Gasteiger charge is -2.12. The van der Waals surface area contributed by atoms with E-state index >= 15 is 0 Å². The molecular weight excluding hydrogens is 377 g/mol. The molecule has 0 spiro atoms. The number of nitrogens with one attached hydrogen (secondary N) is 2. The van der Waals surface area contributed by atoms with E-state index in [1.807, 2.05) is 54.7 Å². The summed E-state index contributed by atoms with van der Waals surface area (Å²) in [6.45, 7) is 1.26. The number of aromatic nitrogens is 3. The highest BCUT2D eigenvalue weighted by Crippen LogP contribution is 2.21. The fourth-order valence-electron chi connectivity index (χ4n) is 3.04. The van der Waals surface area contributed by atoms with Gasteiger partial charge < -0.3 is 10.6 Å². The topological polar surface area (TPSA) is 62.7 Å². The summed E-state index contributed by atoms with van der Waals surface area (Å²) in [5, 5.41) is 6.64. The zero-order chi connectivity index (χ0) is 20.6. The van der Waals surface area contributed by atoms with Crippen molar-refractivity contribution >= 4 is 11.8 Å². The van der Waals surface area contributed by atoms with E-state index in [0.717, 1.165) is 34.6 Å². The van der Waals surface area contributed by atoms with E-state index in [-0.39, 0.29) is 5.82 Å². The van der Waals surface area contributed by atoms with Gasteiger partial charge in [-0.05, 0) is 35.7 Å². The SMILES string of the molecule is Fc1ccc(CCNc2cc(-c3ccccc3)nc(NCc3cccnc3)n2)cc1. The van der Waals surface area contributed by atoms with Gasteiger partial charge in [0.2, 0.25) is 5.95 Å². The summed E-state index contributed by atoms with van der Waals surface area (Å²) in [5.41, 5.74) is 3.97. The zero-order valence-electron chi connectivity index (χ0n) is 16.4. The van der Waals surface area contributed by atoms with Crippen LogP contribution in [0.15, 0.2) is 85.2 Å². The van der Waals surface area contributed by atoms with Crippen LogP contribution >= 0.6 is 0 Å². The van der Waals surface area contributed by atoms with Gasteiger partial charge in [-0.2, -0.15) is 4.98 Å². The normalized spacial score (nSPS) is 10.6. The fourth-order valence-corrected chi connectivity index (χ4v) is 3.04. The molecule has 0 fully saturated rings. The van der Waals surface area contributed by atoms with Crippen molar-refractivity contribution in [3.05, 3.63) is 102 Å². The van der Waals surface area contributed by atoms with Crippen molar-refractivity contribution in [3.63, 3.8) is 0 Å². The van der Waals surface area contributed by atoms with Crippen LogP contribution in [0.25, 0.3) is 11.3 Å². The van der Waals surface area contributed by atoms with Gasteiger partial charge in [-0.3, -0.25) is 4.98 Å². The van der Waals surface area contributed by atoms with Crippen LogP contribution < -0.4 is 10.6 Å². The molecule has 2 heterocycles. The molecule has 2 aromatic heterocycles. The van der Waals surface area contributed by atoms with Crippen molar-refractivity contribution in [2.75, 3.05) is 17.2 Å². The second-order valence-electron chi connectivity index (χ2n) is 6.85. The summed E-state index contributed by atoms with van der Waals surface area (Å²) in [4.78, 5) is 13.4. The van der Waals surface area contributed by atoms with Crippen molar-refractivity contribution in [1.29, 1.82) is 0 Å². The average Bonchev–Trinajstić information content (AvgIpc) is 2.80. The highest BCUT2D eigenvalue weighted by atomic mass is 19.1. The average molecular weight is 399 g/mol. The number of anilines is 2. The molecule has 6 heteroatoms. The van der Waals surface area contributed by atoms with Crippen LogP contribution in [-0.4, -0.2) is 21.5 Å². The highest BCUT2D eigenvalue weighted by molar-refractivity contribution is 5.64. The van der Waals surface area contributed by atoms with Crippen LogP contribution in [0.5, 0.6) is 0 Å². The molecule has 0 aliphatic carbocycles. The maximum absolute atomic E-state index is 13.1. The maximum atomic E-state index is 13.1. The Balaban J connectivity index is 1.50. The quantitative estimate of drug-likeness (QED) is 0.439. The van der Waals surface area contributed by atoms with Crippen molar-refractivity contribution < 1.29 is 4.39 Å². The minimum atomic E-state index is -0.223.